The summed E-state index contributed by atoms with van der Waals surface area (Å²) in [4.78, 5) is 64.4. The Morgan fingerprint density at radius 1 is 0.775 bits per heavy atom. The minimum absolute atomic E-state index is 0.183. The van der Waals surface area contributed by atoms with Gasteiger partial charge in [0.1, 0.15) is 5.75 Å². The van der Waals surface area contributed by atoms with Crippen LogP contribution in [0.2, 0.25) is 0 Å². The highest BCUT2D eigenvalue weighted by atomic mass is 79.9. The second kappa shape index (κ2) is 11.6. The average Bonchev–Trinajstić information content (AvgIpc) is 3.20. The lowest BCUT2D eigenvalue weighted by molar-refractivity contribution is -0.122. The van der Waals surface area contributed by atoms with E-state index >= 15 is 0 Å². The molecule has 3 unspecified atom stereocenters. The summed E-state index contributed by atoms with van der Waals surface area (Å²) in [6.07, 6.45) is 2.36. The van der Waals surface area contributed by atoms with Crippen molar-refractivity contribution in [1.82, 2.24) is 0 Å². The van der Waals surface area contributed by atoms with Crippen LogP contribution in [0.5, 0.6) is 5.75 Å². The van der Waals surface area contributed by atoms with Crippen LogP contribution in [0.15, 0.2) is 77.3 Å². The Morgan fingerprint density at radius 2 is 1.35 bits per heavy atom. The summed E-state index contributed by atoms with van der Waals surface area (Å²) in [5.41, 5.74) is 1.28. The van der Waals surface area contributed by atoms with Crippen molar-refractivity contribution in [1.29, 1.82) is 0 Å². The Hall–Kier alpha value is -4.11. The van der Waals surface area contributed by atoms with E-state index in [1.165, 1.54) is 41.3 Å². The third-order valence-corrected chi connectivity index (χ3v) is 7.88. The molecule has 2 fully saturated rings. The molecule has 1 aliphatic heterocycles. The number of hydrogen-bond donors (Lipinski definition) is 0. The van der Waals surface area contributed by atoms with E-state index in [1.807, 2.05) is 0 Å². The first-order chi connectivity index (χ1) is 19.2. The number of imide groups is 1. The molecule has 2 amide bonds. The highest BCUT2D eigenvalue weighted by molar-refractivity contribution is 9.10. The lowest BCUT2D eigenvalue weighted by atomic mass is 9.76. The van der Waals surface area contributed by atoms with Gasteiger partial charge in [-0.25, -0.2) is 9.59 Å². The predicted molar refractivity (Wildman–Crippen MR) is 149 cm³/mol. The van der Waals surface area contributed by atoms with Gasteiger partial charge in [0.25, 0.3) is 0 Å². The van der Waals surface area contributed by atoms with Gasteiger partial charge in [-0.3, -0.25) is 19.3 Å². The highest BCUT2D eigenvalue weighted by Gasteiger charge is 2.49. The molecule has 1 aliphatic carbocycles. The lowest BCUT2D eigenvalue weighted by Gasteiger charge is -2.25. The van der Waals surface area contributed by atoms with E-state index in [0.29, 0.717) is 30.0 Å². The molecule has 40 heavy (non-hydrogen) atoms. The lowest BCUT2D eigenvalue weighted by Crippen LogP contribution is -2.30. The number of fused-ring (bicyclic) bond motifs is 1. The molecule has 5 rings (SSSR count). The minimum atomic E-state index is -0.707. The van der Waals surface area contributed by atoms with Crippen molar-refractivity contribution in [2.75, 3.05) is 11.5 Å². The Bertz CT molecular complexity index is 1470. The molecular weight excluding hydrogens is 578 g/mol. The summed E-state index contributed by atoms with van der Waals surface area (Å²) in [7, 11) is 0. The number of amides is 2. The normalized spacial score (nSPS) is 20.1. The summed E-state index contributed by atoms with van der Waals surface area (Å²) in [6, 6.07) is 18.7. The molecule has 3 atom stereocenters. The fourth-order valence-electron chi connectivity index (χ4n) is 5.15. The molecule has 1 saturated heterocycles. The van der Waals surface area contributed by atoms with Crippen molar-refractivity contribution in [2.45, 2.75) is 26.2 Å². The minimum Gasteiger partial charge on any atom is -0.454 e. The number of carbonyl (C=O) groups is 5. The fourth-order valence-corrected chi connectivity index (χ4v) is 5.41. The number of Topliss-reactive ketones (excluding diaryl/α,β-unsaturated/α-hetero) is 1. The van der Waals surface area contributed by atoms with E-state index in [0.717, 1.165) is 10.9 Å². The SMILES string of the molecule is CC1CCC2C(=O)N(c3ccc(C(=O)OCC(=O)c4ccc(OC(=O)c5ccc(Br)cc5)cc4)cc3)C(=O)C2C1. The fraction of sp³-hybridized carbons (Fsp3) is 0.258. The zero-order valence-electron chi connectivity index (χ0n) is 21.7. The first kappa shape index (κ1) is 27.5. The molecule has 0 aromatic heterocycles. The van der Waals surface area contributed by atoms with Gasteiger partial charge in [-0.05, 0) is 98.0 Å². The van der Waals surface area contributed by atoms with Crippen molar-refractivity contribution in [3.63, 3.8) is 0 Å². The zero-order valence-corrected chi connectivity index (χ0v) is 23.3. The predicted octanol–water partition coefficient (Wildman–Crippen LogP) is 5.63. The smallest absolute Gasteiger partial charge is 0.343 e. The van der Waals surface area contributed by atoms with Crippen LogP contribution in [0.4, 0.5) is 5.69 Å². The molecule has 3 aromatic carbocycles. The van der Waals surface area contributed by atoms with E-state index in [2.05, 4.69) is 22.9 Å². The van der Waals surface area contributed by atoms with Crippen LogP contribution in [0.3, 0.4) is 0 Å². The largest absolute Gasteiger partial charge is 0.454 e. The molecule has 9 heteroatoms. The second-order valence-corrected chi connectivity index (χ2v) is 11.0. The molecule has 2 aliphatic rings. The zero-order chi connectivity index (χ0) is 28.4. The van der Waals surface area contributed by atoms with E-state index in [4.69, 9.17) is 9.47 Å². The van der Waals surface area contributed by atoms with Gasteiger partial charge in [0, 0.05) is 10.0 Å². The Kier molecular flexibility index (Phi) is 7.93. The molecule has 0 N–H and O–H groups in total. The number of halogens is 1. The molecule has 204 valence electrons. The average molecular weight is 604 g/mol. The molecule has 0 radical (unpaired) electrons. The van der Waals surface area contributed by atoms with Gasteiger partial charge in [-0.2, -0.15) is 0 Å². The molecule has 8 nitrogen and oxygen atoms in total. The van der Waals surface area contributed by atoms with Gasteiger partial charge in [0.05, 0.1) is 28.7 Å². The summed E-state index contributed by atoms with van der Waals surface area (Å²) < 4.78 is 11.3. The monoisotopic (exact) mass is 603 g/mol. The number of anilines is 1. The summed E-state index contributed by atoms with van der Waals surface area (Å²) in [5, 5.41) is 0. The molecule has 1 saturated carbocycles. The second-order valence-electron chi connectivity index (χ2n) is 10.1. The van der Waals surface area contributed by atoms with Crippen LogP contribution in [-0.2, 0) is 14.3 Å². The van der Waals surface area contributed by atoms with Gasteiger partial charge >= 0.3 is 11.9 Å². The number of carbonyl (C=O) groups excluding carboxylic acids is 5. The van der Waals surface area contributed by atoms with Crippen molar-refractivity contribution in [2.24, 2.45) is 17.8 Å². The third kappa shape index (κ3) is 5.74. The van der Waals surface area contributed by atoms with Crippen LogP contribution in [0, 0.1) is 17.8 Å². The molecule has 0 bridgehead atoms. The quantitative estimate of drug-likeness (QED) is 0.149. The number of benzene rings is 3. The summed E-state index contributed by atoms with van der Waals surface area (Å²) in [5.74, 6) is -1.90. The van der Waals surface area contributed by atoms with Gasteiger partial charge in [0.2, 0.25) is 11.8 Å². The third-order valence-electron chi connectivity index (χ3n) is 7.35. The van der Waals surface area contributed by atoms with Crippen LogP contribution < -0.4 is 9.64 Å². The number of rotatable bonds is 7. The Balaban J connectivity index is 1.15. The topological polar surface area (TPSA) is 107 Å². The van der Waals surface area contributed by atoms with Gasteiger partial charge in [-0.15, -0.1) is 0 Å². The number of esters is 2. The number of ether oxygens (including phenoxy) is 2. The van der Waals surface area contributed by atoms with Crippen LogP contribution in [0.1, 0.15) is 57.3 Å². The molecular formula is C31H26BrNO7. The van der Waals surface area contributed by atoms with Crippen molar-refractivity contribution in [3.05, 3.63) is 94.0 Å². The van der Waals surface area contributed by atoms with Gasteiger partial charge in [-0.1, -0.05) is 22.9 Å². The summed E-state index contributed by atoms with van der Waals surface area (Å²) in [6.45, 7) is 1.61. The van der Waals surface area contributed by atoms with Crippen molar-refractivity contribution in [3.8, 4) is 5.75 Å². The number of ketones is 1. The molecule has 0 spiro atoms. The highest BCUT2D eigenvalue weighted by Crippen LogP contribution is 2.42. The summed E-state index contributed by atoms with van der Waals surface area (Å²) >= 11 is 3.31. The first-order valence-electron chi connectivity index (χ1n) is 13.0. The maximum atomic E-state index is 12.9. The van der Waals surface area contributed by atoms with Crippen molar-refractivity contribution >= 4 is 51.2 Å². The maximum Gasteiger partial charge on any atom is 0.343 e. The standard InChI is InChI=1S/C31H26BrNO7/c1-18-2-15-25-26(16-18)29(36)33(28(25)35)23-11-5-20(6-12-23)30(37)39-17-27(34)19-7-13-24(14-8-19)40-31(38)21-3-9-22(32)10-4-21/h3-14,18,25-26H,2,15-17H2,1H3. The maximum absolute atomic E-state index is 12.9. The van der Waals surface area contributed by atoms with E-state index in [1.54, 1.807) is 36.4 Å². The molecule has 1 heterocycles. The first-order valence-corrected chi connectivity index (χ1v) is 13.8. The van der Waals surface area contributed by atoms with E-state index in [-0.39, 0.29) is 40.5 Å². The van der Waals surface area contributed by atoms with Crippen molar-refractivity contribution < 1.29 is 33.4 Å². The van der Waals surface area contributed by atoms with Gasteiger partial charge in [0.15, 0.2) is 12.4 Å². The number of hydrogen-bond acceptors (Lipinski definition) is 7. The molecule has 3 aromatic rings. The van der Waals surface area contributed by atoms with Gasteiger partial charge < -0.3 is 9.47 Å². The Morgan fingerprint density at radius 3 is 2.02 bits per heavy atom. The van der Waals surface area contributed by atoms with Crippen LogP contribution >= 0.6 is 15.9 Å². The van der Waals surface area contributed by atoms with E-state index in [9.17, 15) is 24.0 Å². The Labute approximate surface area is 239 Å². The number of nitrogens with zero attached hydrogens (tertiary/aromatic N) is 1. The van der Waals surface area contributed by atoms with E-state index < -0.39 is 24.3 Å². The van der Waals surface area contributed by atoms with Crippen LogP contribution in [0.25, 0.3) is 0 Å². The van der Waals surface area contributed by atoms with Crippen LogP contribution in [-0.4, -0.2) is 36.1 Å².